The second-order valence-corrected chi connectivity index (χ2v) is 6.56. The van der Waals surface area contributed by atoms with Crippen LogP contribution in [0.1, 0.15) is 5.56 Å². The highest BCUT2D eigenvalue weighted by molar-refractivity contribution is 5.93. The van der Waals surface area contributed by atoms with Crippen molar-refractivity contribution in [3.05, 3.63) is 88.6 Å². The topological polar surface area (TPSA) is 168 Å². The Morgan fingerprint density at radius 1 is 1.21 bits per heavy atom. The van der Waals surface area contributed by atoms with Crippen LogP contribution in [0.25, 0.3) is 5.82 Å². The number of aromatic nitrogens is 5. The molecular weight excluding hydrogens is 449 g/mol. The van der Waals surface area contributed by atoms with Crippen molar-refractivity contribution in [2.75, 3.05) is 5.01 Å². The van der Waals surface area contributed by atoms with Gasteiger partial charge in [-0.05, 0) is 46.3 Å². The lowest BCUT2D eigenvalue weighted by molar-refractivity contribution is -0.384. The van der Waals surface area contributed by atoms with Gasteiger partial charge < -0.3 is 10.5 Å². The van der Waals surface area contributed by atoms with Crippen molar-refractivity contribution in [3.63, 3.8) is 0 Å². The largest absolute Gasteiger partial charge is 0.454 e. The van der Waals surface area contributed by atoms with E-state index in [9.17, 15) is 19.3 Å². The average Bonchev–Trinajstić information content (AvgIpc) is 3.36. The minimum Gasteiger partial charge on any atom is -0.454 e. The minimum atomic E-state index is -0.966. The number of anilines is 1. The highest BCUT2D eigenvalue weighted by atomic mass is 19.1. The van der Waals surface area contributed by atoms with E-state index in [-0.39, 0.29) is 22.9 Å². The number of urea groups is 1. The van der Waals surface area contributed by atoms with Crippen LogP contribution in [0, 0.1) is 15.9 Å². The number of nitrogens with zero attached hydrogens (tertiary/aromatic N) is 8. The van der Waals surface area contributed by atoms with Gasteiger partial charge in [0, 0.05) is 30.5 Å². The van der Waals surface area contributed by atoms with Gasteiger partial charge in [-0.3, -0.25) is 10.1 Å². The summed E-state index contributed by atoms with van der Waals surface area (Å²) in [5.41, 5.74) is 5.79. The number of amides is 2. The Labute approximate surface area is 190 Å². The maximum absolute atomic E-state index is 14.7. The van der Waals surface area contributed by atoms with Gasteiger partial charge in [0.2, 0.25) is 0 Å². The molecule has 0 fully saturated rings. The van der Waals surface area contributed by atoms with E-state index in [4.69, 9.17) is 10.5 Å². The minimum absolute atomic E-state index is 0.0413. The molecule has 2 aromatic heterocycles. The third-order valence-electron chi connectivity index (χ3n) is 4.32. The third-order valence-corrected chi connectivity index (χ3v) is 4.32. The zero-order valence-corrected chi connectivity index (χ0v) is 17.1. The smallest absolute Gasteiger partial charge is 0.340 e. The number of halogens is 1. The summed E-state index contributed by atoms with van der Waals surface area (Å²) in [6.07, 6.45) is 4.05. The van der Waals surface area contributed by atoms with E-state index in [2.05, 4.69) is 25.6 Å². The summed E-state index contributed by atoms with van der Waals surface area (Å²) >= 11 is 0. The highest BCUT2D eigenvalue weighted by Crippen LogP contribution is 2.29. The molecule has 0 saturated carbocycles. The number of pyridine rings is 1. The van der Waals surface area contributed by atoms with E-state index >= 15 is 0 Å². The van der Waals surface area contributed by atoms with Gasteiger partial charge in [-0.15, -0.1) is 5.10 Å². The van der Waals surface area contributed by atoms with Crippen LogP contribution in [0.5, 0.6) is 11.5 Å². The fourth-order valence-corrected chi connectivity index (χ4v) is 2.74. The number of non-ortho nitro benzene ring substituents is 1. The van der Waals surface area contributed by atoms with Crippen molar-refractivity contribution in [1.82, 2.24) is 25.2 Å². The van der Waals surface area contributed by atoms with Crippen LogP contribution >= 0.6 is 0 Å². The average molecular weight is 463 g/mol. The lowest BCUT2D eigenvalue weighted by Crippen LogP contribution is -2.31. The summed E-state index contributed by atoms with van der Waals surface area (Å²) in [6.45, 7) is 0. The van der Waals surface area contributed by atoms with Crippen LogP contribution in [0.4, 0.5) is 20.6 Å². The molecule has 0 aliphatic carbocycles. The van der Waals surface area contributed by atoms with Crippen molar-refractivity contribution < 1.29 is 18.8 Å². The third kappa shape index (κ3) is 4.96. The maximum atomic E-state index is 14.7. The number of nitrogens with two attached hydrogens (primary N) is 1. The van der Waals surface area contributed by atoms with Crippen molar-refractivity contribution in [1.29, 1.82) is 0 Å². The normalized spacial score (nSPS) is 10.9. The van der Waals surface area contributed by atoms with E-state index < -0.39 is 16.8 Å². The van der Waals surface area contributed by atoms with Gasteiger partial charge >= 0.3 is 6.03 Å². The Kier molecular flexibility index (Phi) is 6.11. The fourth-order valence-electron chi connectivity index (χ4n) is 2.74. The first kappa shape index (κ1) is 21.9. The number of ether oxygens (including phenoxy) is 1. The first-order valence-corrected chi connectivity index (χ1v) is 9.45. The zero-order valence-electron chi connectivity index (χ0n) is 17.1. The Hall–Kier alpha value is -5.27. The fraction of sp³-hybridized carbons (Fsp3) is 0. The van der Waals surface area contributed by atoms with Crippen LogP contribution in [0.2, 0.25) is 0 Å². The van der Waals surface area contributed by atoms with Crippen LogP contribution in [0.3, 0.4) is 0 Å². The molecule has 0 radical (unpaired) electrons. The molecule has 13 nitrogen and oxygen atoms in total. The number of rotatable bonds is 7. The predicted octanol–water partition coefficient (Wildman–Crippen LogP) is 2.82. The van der Waals surface area contributed by atoms with Crippen molar-refractivity contribution in [3.8, 4) is 17.3 Å². The lowest BCUT2D eigenvalue weighted by Gasteiger charge is -2.15. The molecule has 170 valence electrons. The molecule has 0 atom stereocenters. The van der Waals surface area contributed by atoms with Gasteiger partial charge in [-0.2, -0.15) is 14.8 Å². The summed E-state index contributed by atoms with van der Waals surface area (Å²) in [6, 6.07) is 11.2. The Balaban J connectivity index is 1.53. The number of hydrogen-bond acceptors (Lipinski definition) is 9. The molecule has 2 N–H and O–H groups in total. The summed E-state index contributed by atoms with van der Waals surface area (Å²) in [7, 11) is 0. The molecule has 0 saturated heterocycles. The van der Waals surface area contributed by atoms with Gasteiger partial charge in [-0.25, -0.2) is 14.2 Å². The molecule has 14 heteroatoms. The maximum Gasteiger partial charge on any atom is 0.340 e. The van der Waals surface area contributed by atoms with Crippen LogP contribution in [-0.4, -0.2) is 42.4 Å². The van der Waals surface area contributed by atoms with Gasteiger partial charge in [0.15, 0.2) is 17.4 Å². The molecular formula is C20H14FN9O4. The van der Waals surface area contributed by atoms with E-state index in [1.807, 2.05) is 0 Å². The molecule has 0 aliphatic rings. The molecule has 0 spiro atoms. The Morgan fingerprint density at radius 3 is 2.65 bits per heavy atom. The number of carbonyl (C=O) groups excluding carboxylic acids is 1. The molecule has 34 heavy (non-hydrogen) atoms. The SMILES string of the molecule is NC(=O)N(/N=C/c1ccc([N+](=O)[O-])cc1)c1ccc(Oc2ccnc(-n3cnnn3)c2)c(F)c1. The first-order chi connectivity index (χ1) is 16.4. The Bertz CT molecular complexity index is 1360. The van der Waals surface area contributed by atoms with Gasteiger partial charge in [0.05, 0.1) is 16.8 Å². The molecule has 2 heterocycles. The second kappa shape index (κ2) is 9.47. The van der Waals surface area contributed by atoms with Gasteiger partial charge in [0.1, 0.15) is 12.1 Å². The number of primary amides is 1. The predicted molar refractivity (Wildman–Crippen MR) is 116 cm³/mol. The quantitative estimate of drug-likeness (QED) is 0.248. The number of hydrogen-bond donors (Lipinski definition) is 1. The number of nitro benzene ring substituents is 1. The van der Waals surface area contributed by atoms with E-state index in [0.717, 1.165) is 11.1 Å². The highest BCUT2D eigenvalue weighted by Gasteiger charge is 2.15. The van der Waals surface area contributed by atoms with Gasteiger partial charge in [-0.1, -0.05) is 0 Å². The second-order valence-electron chi connectivity index (χ2n) is 6.56. The molecule has 4 rings (SSSR count). The monoisotopic (exact) mass is 463 g/mol. The Morgan fingerprint density at radius 2 is 2.00 bits per heavy atom. The number of carbonyl (C=O) groups is 1. The number of benzene rings is 2. The van der Waals surface area contributed by atoms with Crippen molar-refractivity contribution >= 4 is 23.6 Å². The first-order valence-electron chi connectivity index (χ1n) is 9.45. The standard InChI is InChI=1S/C20H14FN9O4/c21-17-9-15(29(20(22)31)25-11-13-1-3-14(4-2-13)30(32)33)5-6-18(17)34-16-7-8-23-19(10-16)28-12-24-26-27-28/h1-12H,(H2,22,31)/b25-11+. The molecule has 4 aromatic rings. The lowest BCUT2D eigenvalue weighted by atomic mass is 10.2. The molecule has 0 bridgehead atoms. The van der Waals surface area contributed by atoms with Gasteiger partial charge in [0.25, 0.3) is 5.69 Å². The molecule has 0 aliphatic heterocycles. The summed E-state index contributed by atoms with van der Waals surface area (Å²) in [5, 5.41) is 26.2. The van der Waals surface area contributed by atoms with Crippen LogP contribution in [-0.2, 0) is 0 Å². The molecule has 0 unspecified atom stereocenters. The van der Waals surface area contributed by atoms with E-state index in [1.165, 1.54) is 72.0 Å². The number of hydrazone groups is 1. The molecule has 2 aromatic carbocycles. The number of nitro groups is 1. The summed E-state index contributed by atoms with van der Waals surface area (Å²) < 4.78 is 21.6. The zero-order chi connectivity index (χ0) is 24.1. The van der Waals surface area contributed by atoms with Crippen LogP contribution in [0.15, 0.2) is 72.2 Å². The van der Waals surface area contributed by atoms with E-state index in [0.29, 0.717) is 11.4 Å². The van der Waals surface area contributed by atoms with E-state index in [1.54, 1.807) is 0 Å². The molecule has 2 amide bonds. The van der Waals surface area contributed by atoms with Crippen molar-refractivity contribution in [2.24, 2.45) is 10.8 Å². The van der Waals surface area contributed by atoms with Crippen LogP contribution < -0.4 is 15.5 Å². The van der Waals surface area contributed by atoms with Crippen molar-refractivity contribution in [2.45, 2.75) is 0 Å². The summed E-state index contributed by atoms with van der Waals surface area (Å²) in [4.78, 5) is 26.2. The summed E-state index contributed by atoms with van der Waals surface area (Å²) in [5.74, 6) is -0.272. The number of tetrazole rings is 1.